The summed E-state index contributed by atoms with van der Waals surface area (Å²) in [6, 6.07) is 5.64. The number of thioether (sulfide) groups is 1. The number of carbonyl (C=O) groups excluding carboxylic acids is 3. The van der Waals surface area contributed by atoms with E-state index in [1.54, 1.807) is 12.3 Å². The number of rotatable bonds is 6. The number of amides is 1. The maximum atomic E-state index is 12.4. The molecular weight excluding hydrogens is 376 g/mol. The van der Waals surface area contributed by atoms with Crippen molar-refractivity contribution in [3.63, 3.8) is 0 Å². The number of nitro groups is 1. The second-order valence-electron chi connectivity index (χ2n) is 6.08. The molecular formula is C17H16N2O7S. The first-order valence-corrected chi connectivity index (χ1v) is 9.00. The summed E-state index contributed by atoms with van der Waals surface area (Å²) in [5.74, 6) is -1.92. The van der Waals surface area contributed by atoms with E-state index in [-0.39, 0.29) is 29.3 Å². The highest BCUT2D eigenvalue weighted by Gasteiger charge is 2.56. The number of fused-ring (bicyclic) bond motifs is 1. The van der Waals surface area contributed by atoms with Crippen LogP contribution in [0.5, 0.6) is 0 Å². The van der Waals surface area contributed by atoms with Crippen LogP contribution in [0.4, 0.5) is 5.69 Å². The fourth-order valence-corrected chi connectivity index (χ4v) is 4.25. The van der Waals surface area contributed by atoms with Crippen molar-refractivity contribution in [1.29, 1.82) is 0 Å². The van der Waals surface area contributed by atoms with Gasteiger partial charge in [-0.25, -0.2) is 4.79 Å². The van der Waals surface area contributed by atoms with Crippen molar-refractivity contribution in [1.82, 2.24) is 4.90 Å². The highest BCUT2D eigenvalue weighted by molar-refractivity contribution is 8.03. The monoisotopic (exact) mass is 392 g/mol. The topological polar surface area (TPSA) is 116 Å². The fourth-order valence-electron chi connectivity index (χ4n) is 2.93. The van der Waals surface area contributed by atoms with E-state index >= 15 is 0 Å². The molecule has 0 N–H and O–H groups in total. The van der Waals surface area contributed by atoms with E-state index < -0.39 is 28.9 Å². The zero-order valence-corrected chi connectivity index (χ0v) is 15.3. The number of carbonyl (C=O) groups is 3. The first-order chi connectivity index (χ1) is 12.8. The van der Waals surface area contributed by atoms with Crippen LogP contribution in [0.15, 0.2) is 35.4 Å². The third kappa shape index (κ3) is 3.65. The molecule has 1 saturated heterocycles. The molecule has 1 amide bonds. The molecule has 0 unspecified atom stereocenters. The first kappa shape index (κ1) is 18.9. The lowest BCUT2D eigenvalue weighted by Crippen LogP contribution is -2.61. The van der Waals surface area contributed by atoms with Crippen LogP contribution in [0.1, 0.15) is 19.4 Å². The van der Waals surface area contributed by atoms with Crippen LogP contribution in [0.2, 0.25) is 0 Å². The van der Waals surface area contributed by atoms with E-state index in [4.69, 9.17) is 9.47 Å². The van der Waals surface area contributed by atoms with Gasteiger partial charge in [-0.3, -0.25) is 24.6 Å². The molecule has 0 bridgehead atoms. The van der Waals surface area contributed by atoms with Crippen molar-refractivity contribution in [3.05, 3.63) is 51.0 Å². The van der Waals surface area contributed by atoms with Gasteiger partial charge in [0, 0.05) is 24.5 Å². The minimum Gasteiger partial charge on any atom is -0.462 e. The molecule has 2 heterocycles. The van der Waals surface area contributed by atoms with Crippen molar-refractivity contribution < 1.29 is 28.8 Å². The molecule has 3 atom stereocenters. The van der Waals surface area contributed by atoms with E-state index in [9.17, 15) is 24.5 Å². The lowest BCUT2D eigenvalue weighted by Gasteiger charge is -2.44. The van der Waals surface area contributed by atoms with Gasteiger partial charge in [0.05, 0.1) is 4.92 Å². The molecule has 10 heteroatoms. The Morgan fingerprint density at radius 3 is 2.59 bits per heavy atom. The summed E-state index contributed by atoms with van der Waals surface area (Å²) in [6.07, 6.45) is -0.576. The normalized spacial score (nSPS) is 21.6. The SMILES string of the molecule is CC(=O)O[C@H](C)[C@H]1C(=O)N2C(C(=O)OCc3ccc([N+](=O)[O-])cc3)=CS[C@@H]12. The van der Waals surface area contributed by atoms with Gasteiger partial charge in [0.1, 0.15) is 29.7 Å². The Hall–Kier alpha value is -2.88. The maximum Gasteiger partial charge on any atom is 0.355 e. The van der Waals surface area contributed by atoms with Crippen LogP contribution in [0.25, 0.3) is 0 Å². The van der Waals surface area contributed by atoms with Crippen molar-refractivity contribution >= 4 is 35.3 Å². The second-order valence-corrected chi connectivity index (χ2v) is 7.07. The Bertz CT molecular complexity index is 836. The van der Waals surface area contributed by atoms with Gasteiger partial charge in [0.25, 0.3) is 5.69 Å². The molecule has 3 rings (SSSR count). The molecule has 0 aliphatic carbocycles. The summed E-state index contributed by atoms with van der Waals surface area (Å²) in [4.78, 5) is 47.2. The Kier molecular flexibility index (Phi) is 5.17. The Morgan fingerprint density at radius 1 is 1.33 bits per heavy atom. The molecule has 27 heavy (non-hydrogen) atoms. The van der Waals surface area contributed by atoms with Crippen molar-refractivity contribution in [2.75, 3.05) is 0 Å². The third-order valence-corrected chi connectivity index (χ3v) is 5.39. The minimum absolute atomic E-state index is 0.0538. The quantitative estimate of drug-likeness (QED) is 0.312. The highest BCUT2D eigenvalue weighted by atomic mass is 32.2. The number of hydrogen-bond acceptors (Lipinski definition) is 8. The smallest absolute Gasteiger partial charge is 0.355 e. The van der Waals surface area contributed by atoms with Crippen LogP contribution in [0, 0.1) is 16.0 Å². The van der Waals surface area contributed by atoms with Crippen molar-refractivity contribution in [2.24, 2.45) is 5.92 Å². The number of benzene rings is 1. The molecule has 0 saturated carbocycles. The van der Waals surface area contributed by atoms with Gasteiger partial charge in [0.15, 0.2) is 0 Å². The lowest BCUT2D eigenvalue weighted by molar-refractivity contribution is -0.384. The number of nitrogens with zero attached hydrogens (tertiary/aromatic N) is 2. The number of esters is 2. The molecule has 9 nitrogen and oxygen atoms in total. The Balaban J connectivity index is 1.57. The van der Waals surface area contributed by atoms with Crippen molar-refractivity contribution in [3.8, 4) is 0 Å². The van der Waals surface area contributed by atoms with Gasteiger partial charge >= 0.3 is 11.9 Å². The van der Waals surface area contributed by atoms with Gasteiger partial charge < -0.3 is 9.47 Å². The Morgan fingerprint density at radius 2 is 2.00 bits per heavy atom. The zero-order chi connectivity index (χ0) is 19.7. The number of hydrogen-bond donors (Lipinski definition) is 0. The maximum absolute atomic E-state index is 12.4. The molecule has 2 aliphatic rings. The average Bonchev–Trinajstić information content (AvgIpc) is 2.98. The van der Waals surface area contributed by atoms with E-state index in [0.717, 1.165) is 0 Å². The predicted molar refractivity (Wildman–Crippen MR) is 93.9 cm³/mol. The molecule has 1 fully saturated rings. The van der Waals surface area contributed by atoms with Crippen LogP contribution in [0.3, 0.4) is 0 Å². The van der Waals surface area contributed by atoms with Gasteiger partial charge in [-0.15, -0.1) is 11.8 Å². The standard InChI is InChI=1S/C17H16N2O7S/c1-9(26-10(2)20)14-15(21)18-13(8-27-16(14)18)17(22)25-7-11-3-5-12(6-4-11)19(23)24/h3-6,8-9,14,16H,7H2,1-2H3/t9-,14+,16+/m1/s1. The molecule has 0 aromatic heterocycles. The molecule has 1 aromatic rings. The summed E-state index contributed by atoms with van der Waals surface area (Å²) in [5, 5.41) is 11.9. The molecule has 0 radical (unpaired) electrons. The summed E-state index contributed by atoms with van der Waals surface area (Å²) in [7, 11) is 0. The van der Waals surface area contributed by atoms with Crippen LogP contribution in [-0.4, -0.2) is 39.1 Å². The molecule has 142 valence electrons. The molecule has 2 aliphatic heterocycles. The third-order valence-electron chi connectivity index (χ3n) is 4.25. The summed E-state index contributed by atoms with van der Waals surface area (Å²) in [6.45, 7) is 2.85. The largest absolute Gasteiger partial charge is 0.462 e. The second kappa shape index (κ2) is 7.39. The van der Waals surface area contributed by atoms with E-state index in [1.807, 2.05) is 0 Å². The predicted octanol–water partition coefficient (Wildman–Crippen LogP) is 1.96. The zero-order valence-electron chi connectivity index (χ0n) is 14.5. The highest BCUT2D eigenvalue weighted by Crippen LogP contribution is 2.46. The van der Waals surface area contributed by atoms with Crippen LogP contribution < -0.4 is 0 Å². The Labute approximate surface area is 158 Å². The van der Waals surface area contributed by atoms with Crippen LogP contribution >= 0.6 is 11.8 Å². The van der Waals surface area contributed by atoms with Crippen molar-refractivity contribution in [2.45, 2.75) is 31.9 Å². The lowest BCUT2D eigenvalue weighted by atomic mass is 9.92. The van der Waals surface area contributed by atoms with Gasteiger partial charge in [-0.05, 0) is 24.6 Å². The van der Waals surface area contributed by atoms with Gasteiger partial charge in [0.2, 0.25) is 5.91 Å². The van der Waals surface area contributed by atoms with E-state index in [1.165, 1.54) is 47.9 Å². The van der Waals surface area contributed by atoms with E-state index in [0.29, 0.717) is 5.56 Å². The van der Waals surface area contributed by atoms with Gasteiger partial charge in [-0.2, -0.15) is 0 Å². The average molecular weight is 392 g/mol. The molecule has 0 spiro atoms. The number of β-lactam (4-membered cyclic amide) rings is 1. The fraction of sp³-hybridized carbons (Fsp3) is 0.353. The van der Waals surface area contributed by atoms with E-state index in [2.05, 4.69) is 0 Å². The summed E-state index contributed by atoms with van der Waals surface area (Å²) in [5.41, 5.74) is 0.679. The number of ether oxygens (including phenoxy) is 2. The number of nitro benzene ring substituents is 1. The number of non-ortho nitro benzene ring substituents is 1. The molecule has 1 aromatic carbocycles. The van der Waals surface area contributed by atoms with Gasteiger partial charge in [-0.1, -0.05) is 0 Å². The summed E-state index contributed by atoms with van der Waals surface area (Å²) < 4.78 is 10.3. The minimum atomic E-state index is -0.657. The summed E-state index contributed by atoms with van der Waals surface area (Å²) >= 11 is 1.30. The van der Waals surface area contributed by atoms with Crippen LogP contribution in [-0.2, 0) is 30.5 Å². The first-order valence-electron chi connectivity index (χ1n) is 8.06.